The van der Waals surface area contributed by atoms with Crippen molar-refractivity contribution in [1.82, 2.24) is 9.78 Å². The normalized spacial score (nSPS) is 15.1. The number of rotatable bonds is 3. The van der Waals surface area contributed by atoms with E-state index in [1.807, 2.05) is 13.1 Å². The third kappa shape index (κ3) is 1.93. The quantitative estimate of drug-likeness (QED) is 0.727. The highest BCUT2D eigenvalue weighted by atomic mass is 16.4. The number of aromatic nitrogens is 2. The Hall–Kier alpha value is -1.36. The zero-order chi connectivity index (χ0) is 10.9. The van der Waals surface area contributed by atoms with E-state index in [1.165, 1.54) is 0 Å². The molecule has 1 rings (SSSR count). The molecule has 2 unspecified atom stereocenters. The fourth-order valence-corrected chi connectivity index (χ4v) is 1.47. The van der Waals surface area contributed by atoms with E-state index in [0.29, 0.717) is 0 Å². The van der Waals surface area contributed by atoms with Gasteiger partial charge in [-0.15, -0.1) is 0 Å². The van der Waals surface area contributed by atoms with E-state index in [4.69, 9.17) is 10.8 Å². The fourth-order valence-electron chi connectivity index (χ4n) is 1.47. The molecule has 0 fully saturated rings. The molecule has 1 aromatic heterocycles. The summed E-state index contributed by atoms with van der Waals surface area (Å²) in [4.78, 5) is 10.7. The highest BCUT2D eigenvalue weighted by molar-refractivity contribution is 5.74. The van der Waals surface area contributed by atoms with Crippen molar-refractivity contribution >= 4 is 5.97 Å². The third-order valence-electron chi connectivity index (χ3n) is 2.37. The largest absolute Gasteiger partial charge is 0.480 e. The standard InChI is InChI=1S/C9H15N3O2/c1-5(8(10)9(13)14)7-4-12(3)11-6(7)2/h4-5,8H,10H2,1-3H3,(H,13,14). The smallest absolute Gasteiger partial charge is 0.321 e. The van der Waals surface area contributed by atoms with Gasteiger partial charge in [0.25, 0.3) is 0 Å². The number of carboxylic acid groups (broad SMARTS) is 1. The van der Waals surface area contributed by atoms with Crippen LogP contribution in [0.2, 0.25) is 0 Å². The van der Waals surface area contributed by atoms with E-state index < -0.39 is 12.0 Å². The molecule has 3 N–H and O–H groups in total. The SMILES string of the molecule is Cc1nn(C)cc1C(C)C(N)C(=O)O. The van der Waals surface area contributed by atoms with E-state index in [1.54, 1.807) is 18.7 Å². The summed E-state index contributed by atoms with van der Waals surface area (Å²) < 4.78 is 1.66. The molecule has 1 aromatic rings. The maximum absolute atomic E-state index is 10.7. The van der Waals surface area contributed by atoms with Crippen molar-refractivity contribution in [2.24, 2.45) is 12.8 Å². The lowest BCUT2D eigenvalue weighted by molar-refractivity contribution is -0.139. The fraction of sp³-hybridized carbons (Fsp3) is 0.556. The Morgan fingerprint density at radius 1 is 1.71 bits per heavy atom. The Labute approximate surface area is 82.5 Å². The van der Waals surface area contributed by atoms with Gasteiger partial charge in [-0.05, 0) is 12.5 Å². The predicted octanol–water partition coefficient (Wildman–Crippen LogP) is 0.244. The molecule has 0 aliphatic carbocycles. The summed E-state index contributed by atoms with van der Waals surface area (Å²) in [6.45, 7) is 3.64. The van der Waals surface area contributed by atoms with Crippen molar-refractivity contribution in [2.45, 2.75) is 25.8 Å². The van der Waals surface area contributed by atoms with Crippen LogP contribution in [0.25, 0.3) is 0 Å². The second-order valence-corrected chi connectivity index (χ2v) is 3.50. The number of nitrogens with two attached hydrogens (primary N) is 1. The van der Waals surface area contributed by atoms with Gasteiger partial charge in [0, 0.05) is 19.2 Å². The summed E-state index contributed by atoms with van der Waals surface area (Å²) in [7, 11) is 1.80. The van der Waals surface area contributed by atoms with Crippen molar-refractivity contribution in [3.63, 3.8) is 0 Å². The van der Waals surface area contributed by atoms with Crippen molar-refractivity contribution < 1.29 is 9.90 Å². The maximum atomic E-state index is 10.7. The summed E-state index contributed by atoms with van der Waals surface area (Å²) in [6.07, 6.45) is 1.81. The van der Waals surface area contributed by atoms with Gasteiger partial charge in [-0.1, -0.05) is 6.92 Å². The second kappa shape index (κ2) is 3.79. The number of aliphatic carboxylic acids is 1. The van der Waals surface area contributed by atoms with Crippen molar-refractivity contribution in [3.8, 4) is 0 Å². The lowest BCUT2D eigenvalue weighted by atomic mass is 9.95. The van der Waals surface area contributed by atoms with Gasteiger partial charge in [0.2, 0.25) is 0 Å². The minimum atomic E-state index is -0.985. The van der Waals surface area contributed by atoms with Crippen molar-refractivity contribution in [2.75, 3.05) is 0 Å². The molecule has 5 heteroatoms. The van der Waals surface area contributed by atoms with Crippen LogP contribution in [-0.4, -0.2) is 26.9 Å². The Kier molecular flexibility index (Phi) is 2.90. The van der Waals surface area contributed by atoms with E-state index >= 15 is 0 Å². The van der Waals surface area contributed by atoms with Crippen LogP contribution in [0.15, 0.2) is 6.20 Å². The molecule has 0 aromatic carbocycles. The molecule has 0 aliphatic heterocycles. The Balaban J connectivity index is 2.94. The maximum Gasteiger partial charge on any atom is 0.321 e. The minimum Gasteiger partial charge on any atom is -0.480 e. The van der Waals surface area contributed by atoms with Crippen LogP contribution in [0.3, 0.4) is 0 Å². The summed E-state index contributed by atoms with van der Waals surface area (Å²) >= 11 is 0. The van der Waals surface area contributed by atoms with Gasteiger partial charge in [-0.3, -0.25) is 9.48 Å². The van der Waals surface area contributed by atoms with Crippen molar-refractivity contribution in [1.29, 1.82) is 0 Å². The average molecular weight is 197 g/mol. The monoisotopic (exact) mass is 197 g/mol. The van der Waals surface area contributed by atoms with Crippen LogP contribution >= 0.6 is 0 Å². The molecular formula is C9H15N3O2. The van der Waals surface area contributed by atoms with E-state index in [2.05, 4.69) is 5.10 Å². The Bertz CT molecular complexity index is 346. The van der Waals surface area contributed by atoms with E-state index in [9.17, 15) is 4.79 Å². The number of nitrogens with zero attached hydrogens (tertiary/aromatic N) is 2. The van der Waals surface area contributed by atoms with Gasteiger partial charge in [-0.2, -0.15) is 5.10 Å². The molecule has 0 aliphatic rings. The van der Waals surface area contributed by atoms with Gasteiger partial charge in [0.15, 0.2) is 0 Å². The number of hydrogen-bond donors (Lipinski definition) is 2. The predicted molar refractivity (Wildman–Crippen MR) is 52.0 cm³/mol. The highest BCUT2D eigenvalue weighted by Crippen LogP contribution is 2.20. The van der Waals surface area contributed by atoms with Gasteiger partial charge in [0.1, 0.15) is 6.04 Å². The number of carboxylic acids is 1. The second-order valence-electron chi connectivity index (χ2n) is 3.50. The topological polar surface area (TPSA) is 81.1 Å². The lowest BCUT2D eigenvalue weighted by Crippen LogP contribution is -2.35. The average Bonchev–Trinajstić information content (AvgIpc) is 2.42. The zero-order valence-electron chi connectivity index (χ0n) is 8.56. The van der Waals surface area contributed by atoms with Gasteiger partial charge in [0.05, 0.1) is 5.69 Å². The van der Waals surface area contributed by atoms with E-state index in [-0.39, 0.29) is 5.92 Å². The molecule has 78 valence electrons. The number of hydrogen-bond acceptors (Lipinski definition) is 3. The molecule has 14 heavy (non-hydrogen) atoms. The zero-order valence-corrected chi connectivity index (χ0v) is 8.56. The molecule has 0 saturated carbocycles. The van der Waals surface area contributed by atoms with Crippen LogP contribution in [0.1, 0.15) is 24.1 Å². The first-order valence-electron chi connectivity index (χ1n) is 4.42. The first-order valence-corrected chi connectivity index (χ1v) is 4.42. The minimum absolute atomic E-state index is 0.221. The molecule has 5 nitrogen and oxygen atoms in total. The van der Waals surface area contributed by atoms with Gasteiger partial charge in [-0.25, -0.2) is 0 Å². The van der Waals surface area contributed by atoms with Gasteiger partial charge < -0.3 is 10.8 Å². The van der Waals surface area contributed by atoms with Crippen LogP contribution in [0, 0.1) is 6.92 Å². The highest BCUT2D eigenvalue weighted by Gasteiger charge is 2.24. The summed E-state index contributed by atoms with van der Waals surface area (Å²) in [5.41, 5.74) is 7.25. The first-order chi connectivity index (χ1) is 6.43. The Morgan fingerprint density at radius 2 is 2.29 bits per heavy atom. The molecule has 1 heterocycles. The van der Waals surface area contributed by atoms with Crippen LogP contribution in [0.5, 0.6) is 0 Å². The van der Waals surface area contributed by atoms with Crippen LogP contribution in [-0.2, 0) is 11.8 Å². The third-order valence-corrected chi connectivity index (χ3v) is 2.37. The van der Waals surface area contributed by atoms with Gasteiger partial charge >= 0.3 is 5.97 Å². The molecule has 0 bridgehead atoms. The first kappa shape index (κ1) is 10.7. The Morgan fingerprint density at radius 3 is 2.64 bits per heavy atom. The molecule has 0 radical (unpaired) electrons. The van der Waals surface area contributed by atoms with Crippen LogP contribution in [0.4, 0.5) is 0 Å². The van der Waals surface area contributed by atoms with E-state index in [0.717, 1.165) is 11.3 Å². The number of carbonyl (C=O) groups is 1. The lowest BCUT2D eigenvalue weighted by Gasteiger charge is -2.14. The summed E-state index contributed by atoms with van der Waals surface area (Å²) in [5.74, 6) is -1.21. The molecular weight excluding hydrogens is 182 g/mol. The molecule has 0 amide bonds. The number of aryl methyl sites for hydroxylation is 2. The van der Waals surface area contributed by atoms with Crippen molar-refractivity contribution in [3.05, 3.63) is 17.5 Å². The molecule has 0 saturated heterocycles. The molecule has 2 atom stereocenters. The summed E-state index contributed by atoms with van der Waals surface area (Å²) in [5, 5.41) is 12.9. The van der Waals surface area contributed by atoms with Crippen LogP contribution < -0.4 is 5.73 Å². The summed E-state index contributed by atoms with van der Waals surface area (Å²) in [6, 6.07) is -0.877. The molecule has 0 spiro atoms.